The summed E-state index contributed by atoms with van der Waals surface area (Å²) in [5, 5.41) is 3.94. The second-order valence-corrected chi connectivity index (χ2v) is 6.40. The second-order valence-electron chi connectivity index (χ2n) is 4.63. The Morgan fingerprint density at radius 2 is 1.96 bits per heavy atom. The van der Waals surface area contributed by atoms with Gasteiger partial charge in [-0.15, -0.1) is 0 Å². The predicted octanol–water partition coefficient (Wildman–Crippen LogP) is 4.14. The Labute approximate surface area is 157 Å². The van der Waals surface area contributed by atoms with Crippen LogP contribution in [0.1, 0.15) is 12.5 Å². The van der Waals surface area contributed by atoms with Gasteiger partial charge in [0.1, 0.15) is 11.5 Å². The van der Waals surface area contributed by atoms with Gasteiger partial charge in [-0.05, 0) is 53.2 Å². The standard InChI is InChI=1S/C17H16Br2N2O3/c1-2-23-15-8-7-13(18)9-12(15)10-20-21-17(22)11-24-16-6-4-3-5-14(16)19/h3-10H,2,11H2,1H3,(H,21,22)/b20-10+. The van der Waals surface area contributed by atoms with Gasteiger partial charge in [0.05, 0.1) is 17.3 Å². The molecule has 2 aromatic rings. The minimum Gasteiger partial charge on any atom is -0.493 e. The van der Waals surface area contributed by atoms with Crippen LogP contribution in [-0.4, -0.2) is 25.3 Å². The number of amides is 1. The monoisotopic (exact) mass is 454 g/mol. The quantitative estimate of drug-likeness (QED) is 0.504. The van der Waals surface area contributed by atoms with Gasteiger partial charge in [0.25, 0.3) is 5.91 Å². The first-order chi connectivity index (χ1) is 11.6. The van der Waals surface area contributed by atoms with Crippen LogP contribution >= 0.6 is 31.9 Å². The van der Waals surface area contributed by atoms with Crippen molar-refractivity contribution in [2.24, 2.45) is 5.10 Å². The van der Waals surface area contributed by atoms with Crippen LogP contribution in [0, 0.1) is 0 Å². The van der Waals surface area contributed by atoms with Gasteiger partial charge in [-0.25, -0.2) is 5.43 Å². The maximum atomic E-state index is 11.8. The third kappa shape index (κ3) is 5.65. The largest absolute Gasteiger partial charge is 0.493 e. The van der Waals surface area contributed by atoms with Gasteiger partial charge in [0.2, 0.25) is 0 Å². The highest BCUT2D eigenvalue weighted by Gasteiger charge is 2.05. The first-order valence-electron chi connectivity index (χ1n) is 7.21. The number of nitrogens with one attached hydrogen (secondary N) is 1. The summed E-state index contributed by atoms with van der Waals surface area (Å²) < 4.78 is 12.6. The number of carbonyl (C=O) groups excluding carboxylic acids is 1. The summed E-state index contributed by atoms with van der Waals surface area (Å²) in [4.78, 5) is 11.8. The van der Waals surface area contributed by atoms with Crippen molar-refractivity contribution < 1.29 is 14.3 Å². The lowest BCUT2D eigenvalue weighted by Crippen LogP contribution is -2.24. The topological polar surface area (TPSA) is 59.9 Å². The molecule has 7 heteroatoms. The van der Waals surface area contributed by atoms with Crippen LogP contribution in [0.15, 0.2) is 56.5 Å². The molecule has 0 saturated heterocycles. The van der Waals surface area contributed by atoms with E-state index >= 15 is 0 Å². The summed E-state index contributed by atoms with van der Waals surface area (Å²) in [5.74, 6) is 0.945. The van der Waals surface area contributed by atoms with Crippen molar-refractivity contribution in [3.63, 3.8) is 0 Å². The number of benzene rings is 2. The summed E-state index contributed by atoms with van der Waals surface area (Å²) in [6, 6.07) is 12.9. The van der Waals surface area contributed by atoms with Gasteiger partial charge in [-0.3, -0.25) is 4.79 Å². The maximum absolute atomic E-state index is 11.8. The van der Waals surface area contributed by atoms with Crippen molar-refractivity contribution in [1.29, 1.82) is 0 Å². The van der Waals surface area contributed by atoms with E-state index in [1.165, 1.54) is 6.21 Å². The summed E-state index contributed by atoms with van der Waals surface area (Å²) in [6.07, 6.45) is 1.53. The Bertz CT molecular complexity index is 736. The lowest BCUT2D eigenvalue weighted by molar-refractivity contribution is -0.123. The molecule has 0 aliphatic heterocycles. The summed E-state index contributed by atoms with van der Waals surface area (Å²) in [7, 11) is 0. The van der Waals surface area contributed by atoms with Crippen LogP contribution in [0.3, 0.4) is 0 Å². The van der Waals surface area contributed by atoms with Crippen molar-refractivity contribution in [2.75, 3.05) is 13.2 Å². The smallest absolute Gasteiger partial charge is 0.277 e. The number of ether oxygens (including phenoxy) is 2. The van der Waals surface area contributed by atoms with Crippen LogP contribution in [0.4, 0.5) is 0 Å². The zero-order valence-electron chi connectivity index (χ0n) is 13.0. The molecule has 2 aromatic carbocycles. The van der Waals surface area contributed by atoms with Gasteiger partial charge >= 0.3 is 0 Å². The van der Waals surface area contributed by atoms with E-state index in [2.05, 4.69) is 42.4 Å². The van der Waals surface area contributed by atoms with E-state index in [9.17, 15) is 4.79 Å². The molecule has 0 aromatic heterocycles. The van der Waals surface area contributed by atoms with E-state index in [-0.39, 0.29) is 12.5 Å². The zero-order chi connectivity index (χ0) is 17.4. The number of carbonyl (C=O) groups is 1. The average molecular weight is 456 g/mol. The molecule has 126 valence electrons. The summed E-state index contributed by atoms with van der Waals surface area (Å²) in [6.45, 7) is 2.33. The zero-order valence-corrected chi connectivity index (χ0v) is 16.1. The molecule has 1 amide bonds. The van der Waals surface area contributed by atoms with Crippen LogP contribution < -0.4 is 14.9 Å². The van der Waals surface area contributed by atoms with Crippen molar-refractivity contribution >= 4 is 44.0 Å². The van der Waals surface area contributed by atoms with Crippen LogP contribution in [-0.2, 0) is 4.79 Å². The molecule has 0 atom stereocenters. The van der Waals surface area contributed by atoms with E-state index in [1.807, 2.05) is 43.3 Å². The van der Waals surface area contributed by atoms with E-state index in [0.29, 0.717) is 18.1 Å². The highest BCUT2D eigenvalue weighted by atomic mass is 79.9. The van der Waals surface area contributed by atoms with Crippen LogP contribution in [0.5, 0.6) is 11.5 Å². The van der Waals surface area contributed by atoms with Gasteiger partial charge in [-0.1, -0.05) is 28.1 Å². The van der Waals surface area contributed by atoms with Crippen molar-refractivity contribution in [1.82, 2.24) is 5.43 Å². The number of hydrogen-bond donors (Lipinski definition) is 1. The average Bonchev–Trinajstić information content (AvgIpc) is 2.56. The number of halogens is 2. The lowest BCUT2D eigenvalue weighted by Gasteiger charge is -2.08. The molecule has 0 aliphatic rings. The SMILES string of the molecule is CCOc1ccc(Br)cc1/C=N/NC(=O)COc1ccccc1Br. The van der Waals surface area contributed by atoms with Crippen LogP contribution in [0.25, 0.3) is 0 Å². The minimum absolute atomic E-state index is 0.128. The molecule has 5 nitrogen and oxygen atoms in total. The number of hydrazone groups is 1. The number of rotatable bonds is 7. The summed E-state index contributed by atoms with van der Waals surface area (Å²) >= 11 is 6.75. The van der Waals surface area contributed by atoms with E-state index in [1.54, 1.807) is 6.07 Å². The fraction of sp³-hybridized carbons (Fsp3) is 0.176. The fourth-order valence-electron chi connectivity index (χ4n) is 1.82. The molecule has 0 heterocycles. The molecule has 0 unspecified atom stereocenters. The first kappa shape index (κ1) is 18.5. The minimum atomic E-state index is -0.352. The maximum Gasteiger partial charge on any atom is 0.277 e. The van der Waals surface area contributed by atoms with Gasteiger partial charge < -0.3 is 9.47 Å². The molecule has 24 heavy (non-hydrogen) atoms. The Hall–Kier alpha value is -1.86. The van der Waals surface area contributed by atoms with Crippen molar-refractivity contribution in [3.05, 3.63) is 57.0 Å². The number of nitrogens with zero attached hydrogens (tertiary/aromatic N) is 1. The molecule has 0 fully saturated rings. The van der Waals surface area contributed by atoms with E-state index < -0.39 is 0 Å². The molecule has 0 saturated carbocycles. The molecule has 0 radical (unpaired) electrons. The Morgan fingerprint density at radius 1 is 1.17 bits per heavy atom. The number of para-hydroxylation sites is 1. The van der Waals surface area contributed by atoms with Crippen molar-refractivity contribution in [3.8, 4) is 11.5 Å². The van der Waals surface area contributed by atoms with E-state index in [0.717, 1.165) is 14.5 Å². The first-order valence-corrected chi connectivity index (χ1v) is 8.80. The van der Waals surface area contributed by atoms with Gasteiger partial charge in [0, 0.05) is 10.0 Å². The third-order valence-corrected chi connectivity index (χ3v) is 4.01. The van der Waals surface area contributed by atoms with Crippen LogP contribution in [0.2, 0.25) is 0 Å². The molecule has 1 N–H and O–H groups in total. The molecular weight excluding hydrogens is 440 g/mol. The fourth-order valence-corrected chi connectivity index (χ4v) is 2.60. The predicted molar refractivity (Wildman–Crippen MR) is 101 cm³/mol. The van der Waals surface area contributed by atoms with Gasteiger partial charge in [-0.2, -0.15) is 5.10 Å². The molecule has 0 spiro atoms. The number of hydrogen-bond acceptors (Lipinski definition) is 4. The third-order valence-electron chi connectivity index (χ3n) is 2.86. The molecule has 0 aliphatic carbocycles. The highest BCUT2D eigenvalue weighted by molar-refractivity contribution is 9.10. The molecule has 0 bridgehead atoms. The van der Waals surface area contributed by atoms with Gasteiger partial charge in [0.15, 0.2) is 6.61 Å². The van der Waals surface area contributed by atoms with Crippen molar-refractivity contribution in [2.45, 2.75) is 6.92 Å². The normalized spacial score (nSPS) is 10.6. The molecular formula is C17H16Br2N2O3. The Morgan fingerprint density at radius 3 is 2.71 bits per heavy atom. The Kier molecular flexibility index (Phi) is 7.27. The summed E-state index contributed by atoms with van der Waals surface area (Å²) in [5.41, 5.74) is 3.19. The second kappa shape index (κ2) is 9.44. The lowest BCUT2D eigenvalue weighted by atomic mass is 10.2. The Balaban J connectivity index is 1.90. The highest BCUT2D eigenvalue weighted by Crippen LogP contribution is 2.23. The molecule has 2 rings (SSSR count). The van der Waals surface area contributed by atoms with E-state index in [4.69, 9.17) is 9.47 Å².